The van der Waals surface area contributed by atoms with Crippen LogP contribution in [-0.4, -0.2) is 30.1 Å². The highest BCUT2D eigenvalue weighted by molar-refractivity contribution is 5.36. The van der Waals surface area contributed by atoms with E-state index in [1.54, 1.807) is 0 Å². The van der Waals surface area contributed by atoms with Crippen molar-refractivity contribution in [2.24, 2.45) is 0 Å². The van der Waals surface area contributed by atoms with Crippen molar-refractivity contribution in [3.63, 3.8) is 0 Å². The van der Waals surface area contributed by atoms with Gasteiger partial charge in [0.15, 0.2) is 0 Å². The smallest absolute Gasteiger partial charge is 0.0452 e. The first-order chi connectivity index (χ1) is 8.25. The van der Waals surface area contributed by atoms with Gasteiger partial charge in [0.2, 0.25) is 0 Å². The summed E-state index contributed by atoms with van der Waals surface area (Å²) in [5, 5.41) is 0. The fourth-order valence-corrected chi connectivity index (χ4v) is 1.98. The highest BCUT2D eigenvalue weighted by atomic mass is 15.0. The number of benzene rings is 1. The molecule has 1 heterocycles. The molecule has 2 aromatic rings. The molecule has 0 bridgehead atoms. The summed E-state index contributed by atoms with van der Waals surface area (Å²) in [7, 11) is 4.24. The highest BCUT2D eigenvalue weighted by Gasteiger charge is 1.98. The van der Waals surface area contributed by atoms with Crippen LogP contribution in [-0.2, 0) is 6.42 Å². The molecule has 0 N–H and O–H groups in total. The van der Waals surface area contributed by atoms with Crippen LogP contribution >= 0.6 is 0 Å². The summed E-state index contributed by atoms with van der Waals surface area (Å²) >= 11 is 0. The van der Waals surface area contributed by atoms with Crippen molar-refractivity contribution in [3.05, 3.63) is 54.4 Å². The van der Waals surface area contributed by atoms with Gasteiger partial charge in [-0.15, -0.1) is 0 Å². The summed E-state index contributed by atoms with van der Waals surface area (Å²) in [6.07, 6.45) is 6.52. The lowest BCUT2D eigenvalue weighted by atomic mass is 10.1. The molecule has 90 valence electrons. The van der Waals surface area contributed by atoms with Gasteiger partial charge >= 0.3 is 0 Å². The van der Waals surface area contributed by atoms with Gasteiger partial charge in [-0.2, -0.15) is 0 Å². The predicted octanol–water partition coefficient (Wildman–Crippen LogP) is 2.97. The van der Waals surface area contributed by atoms with E-state index in [9.17, 15) is 0 Å². The van der Waals surface area contributed by atoms with Gasteiger partial charge in [-0.05, 0) is 63.3 Å². The molecule has 2 rings (SSSR count). The van der Waals surface area contributed by atoms with Crippen LogP contribution in [0.2, 0.25) is 0 Å². The summed E-state index contributed by atoms with van der Waals surface area (Å²) in [6.45, 7) is 1.15. The number of hydrogen-bond acceptors (Lipinski definition) is 1. The van der Waals surface area contributed by atoms with Gasteiger partial charge in [0, 0.05) is 18.1 Å². The molecular formula is C15H20N2. The molecule has 2 nitrogen and oxygen atoms in total. The van der Waals surface area contributed by atoms with E-state index in [1.165, 1.54) is 17.7 Å². The summed E-state index contributed by atoms with van der Waals surface area (Å²) in [4.78, 5) is 2.23. The monoisotopic (exact) mass is 228 g/mol. The Labute approximate surface area is 103 Å². The minimum atomic E-state index is 1.15. The second-order valence-corrected chi connectivity index (χ2v) is 4.67. The van der Waals surface area contributed by atoms with Crippen LogP contribution < -0.4 is 0 Å². The molecule has 0 radical (unpaired) electrons. The molecule has 0 atom stereocenters. The third-order valence-corrected chi connectivity index (χ3v) is 2.88. The Hall–Kier alpha value is -1.54. The normalized spacial score (nSPS) is 11.0. The number of aromatic nitrogens is 1. The van der Waals surface area contributed by atoms with Crippen molar-refractivity contribution in [2.45, 2.75) is 12.8 Å². The van der Waals surface area contributed by atoms with Gasteiger partial charge < -0.3 is 9.47 Å². The summed E-state index contributed by atoms with van der Waals surface area (Å²) in [5.41, 5.74) is 2.66. The number of hydrogen-bond donors (Lipinski definition) is 0. The minimum absolute atomic E-state index is 1.15. The number of nitrogens with zero attached hydrogens (tertiary/aromatic N) is 2. The summed E-state index contributed by atoms with van der Waals surface area (Å²) < 4.78 is 2.15. The first-order valence-corrected chi connectivity index (χ1v) is 6.13. The second kappa shape index (κ2) is 5.69. The molecule has 1 aromatic carbocycles. The quantitative estimate of drug-likeness (QED) is 0.764. The largest absolute Gasteiger partial charge is 0.324 e. The average Bonchev–Trinajstić information content (AvgIpc) is 2.82. The maximum absolute atomic E-state index is 2.27. The van der Waals surface area contributed by atoms with E-state index < -0.39 is 0 Å². The van der Waals surface area contributed by atoms with Crippen molar-refractivity contribution < 1.29 is 0 Å². The van der Waals surface area contributed by atoms with Crippen LogP contribution in [0.1, 0.15) is 12.0 Å². The highest BCUT2D eigenvalue weighted by Crippen LogP contribution is 2.12. The third kappa shape index (κ3) is 3.46. The molecule has 0 spiro atoms. The van der Waals surface area contributed by atoms with Gasteiger partial charge in [0.1, 0.15) is 0 Å². The average molecular weight is 228 g/mol. The molecule has 17 heavy (non-hydrogen) atoms. The van der Waals surface area contributed by atoms with Crippen LogP contribution in [0.3, 0.4) is 0 Å². The molecular weight excluding hydrogens is 208 g/mol. The van der Waals surface area contributed by atoms with Crippen molar-refractivity contribution in [2.75, 3.05) is 20.6 Å². The Bertz CT molecular complexity index is 444. The zero-order valence-corrected chi connectivity index (χ0v) is 10.6. The Balaban J connectivity index is 2.02. The van der Waals surface area contributed by atoms with Crippen molar-refractivity contribution >= 4 is 0 Å². The van der Waals surface area contributed by atoms with E-state index in [1.807, 2.05) is 0 Å². The fourth-order valence-electron chi connectivity index (χ4n) is 1.98. The fraction of sp³-hybridized carbons (Fsp3) is 0.333. The molecule has 0 saturated carbocycles. The predicted molar refractivity (Wildman–Crippen MR) is 72.6 cm³/mol. The van der Waals surface area contributed by atoms with Crippen LogP contribution in [0.15, 0.2) is 48.8 Å². The summed E-state index contributed by atoms with van der Waals surface area (Å²) in [5.74, 6) is 0. The minimum Gasteiger partial charge on any atom is -0.324 e. The molecule has 2 heteroatoms. The maximum Gasteiger partial charge on any atom is 0.0452 e. The SMILES string of the molecule is CN(C)CCCc1cccc(-n2cccc2)c1. The Morgan fingerprint density at radius 1 is 1.06 bits per heavy atom. The van der Waals surface area contributed by atoms with E-state index in [4.69, 9.17) is 0 Å². The van der Waals surface area contributed by atoms with Gasteiger partial charge in [0.05, 0.1) is 0 Å². The molecule has 0 amide bonds. The number of rotatable bonds is 5. The molecule has 0 aliphatic rings. The van der Waals surface area contributed by atoms with Gasteiger partial charge in [-0.1, -0.05) is 12.1 Å². The molecule has 1 aromatic heterocycles. The first-order valence-electron chi connectivity index (χ1n) is 6.13. The number of aryl methyl sites for hydroxylation is 1. The van der Waals surface area contributed by atoms with Gasteiger partial charge in [0.25, 0.3) is 0 Å². The van der Waals surface area contributed by atoms with Gasteiger partial charge in [-0.25, -0.2) is 0 Å². The van der Waals surface area contributed by atoms with E-state index >= 15 is 0 Å². The van der Waals surface area contributed by atoms with Crippen molar-refractivity contribution in [3.8, 4) is 5.69 Å². The Kier molecular flexibility index (Phi) is 3.99. The third-order valence-electron chi connectivity index (χ3n) is 2.88. The van der Waals surface area contributed by atoms with Crippen LogP contribution in [0, 0.1) is 0 Å². The first kappa shape index (κ1) is 11.9. The van der Waals surface area contributed by atoms with Gasteiger partial charge in [-0.3, -0.25) is 0 Å². The van der Waals surface area contributed by atoms with Crippen molar-refractivity contribution in [1.82, 2.24) is 9.47 Å². The molecule has 0 aliphatic carbocycles. The maximum atomic E-state index is 2.27. The topological polar surface area (TPSA) is 8.17 Å². The molecule has 0 fully saturated rings. The van der Waals surface area contributed by atoms with Crippen LogP contribution in [0.4, 0.5) is 0 Å². The van der Waals surface area contributed by atoms with Crippen LogP contribution in [0.25, 0.3) is 5.69 Å². The van der Waals surface area contributed by atoms with Crippen LogP contribution in [0.5, 0.6) is 0 Å². The van der Waals surface area contributed by atoms with E-state index in [2.05, 4.69) is 72.4 Å². The molecule has 0 aliphatic heterocycles. The van der Waals surface area contributed by atoms with E-state index in [0.717, 1.165) is 13.0 Å². The zero-order valence-electron chi connectivity index (χ0n) is 10.6. The standard InChI is InChI=1S/C15H20N2/c1-16(2)10-6-8-14-7-5-9-15(13-14)17-11-3-4-12-17/h3-5,7,9,11-13H,6,8,10H2,1-2H3. The zero-order chi connectivity index (χ0) is 12.1. The van der Waals surface area contributed by atoms with E-state index in [-0.39, 0.29) is 0 Å². The lowest BCUT2D eigenvalue weighted by Crippen LogP contribution is -2.13. The second-order valence-electron chi connectivity index (χ2n) is 4.67. The summed E-state index contributed by atoms with van der Waals surface area (Å²) in [6, 6.07) is 12.9. The Morgan fingerprint density at radius 2 is 1.82 bits per heavy atom. The lowest BCUT2D eigenvalue weighted by molar-refractivity contribution is 0.400. The molecule has 0 saturated heterocycles. The van der Waals surface area contributed by atoms with E-state index in [0.29, 0.717) is 0 Å². The Morgan fingerprint density at radius 3 is 2.53 bits per heavy atom. The van der Waals surface area contributed by atoms with Crippen molar-refractivity contribution in [1.29, 1.82) is 0 Å². The molecule has 0 unspecified atom stereocenters. The lowest BCUT2D eigenvalue weighted by Gasteiger charge is -2.10.